The molecule has 2 aliphatic rings. The lowest BCUT2D eigenvalue weighted by atomic mass is 10.0. The summed E-state index contributed by atoms with van der Waals surface area (Å²) < 4.78 is 18.4. The van der Waals surface area contributed by atoms with Crippen LogP contribution in [-0.2, 0) is 11.2 Å². The van der Waals surface area contributed by atoms with E-state index in [0.29, 0.717) is 0 Å². The van der Waals surface area contributed by atoms with E-state index in [-0.39, 0.29) is 7.24 Å². The average molecular weight is 400 g/mol. The van der Waals surface area contributed by atoms with Crippen LogP contribution in [0.2, 0.25) is 0 Å². The molecule has 1 aromatic carbocycles. The summed E-state index contributed by atoms with van der Waals surface area (Å²) in [6, 6.07) is 6.62. The Morgan fingerprint density at radius 1 is 1.03 bits per heavy atom. The van der Waals surface area contributed by atoms with Gasteiger partial charge >= 0.3 is 0 Å². The quantitative estimate of drug-likeness (QED) is 0.452. The van der Waals surface area contributed by atoms with E-state index < -0.39 is 0 Å². The highest BCUT2D eigenvalue weighted by atomic mass is 19.1. The average Bonchev–Trinajstić information content (AvgIpc) is 3.12. The molecule has 0 aromatic heterocycles. The molecular weight excluding hydrogens is 359 g/mol. The highest BCUT2D eigenvalue weighted by molar-refractivity contribution is 5.37. The molecule has 0 heterocycles. The van der Waals surface area contributed by atoms with E-state index >= 15 is 0 Å². The van der Waals surface area contributed by atoms with Crippen molar-refractivity contribution in [3.63, 3.8) is 0 Å². The summed E-state index contributed by atoms with van der Waals surface area (Å²) >= 11 is 0. The summed E-state index contributed by atoms with van der Waals surface area (Å²) in [5.41, 5.74) is 2.28. The SMILES string of the molecule is CC.CC1CCC=CCC1.CCCOC1=CC=CC(Cc2ccc(F)cc2)=C[CH]1.[HH]. The summed E-state index contributed by atoms with van der Waals surface area (Å²) in [4.78, 5) is 0. The minimum absolute atomic E-state index is 0. The molecule has 0 atom stereocenters. The highest BCUT2D eigenvalue weighted by Crippen LogP contribution is 2.17. The van der Waals surface area contributed by atoms with Crippen molar-refractivity contribution in [1.29, 1.82) is 0 Å². The van der Waals surface area contributed by atoms with Gasteiger partial charge in [-0.2, -0.15) is 0 Å². The molecule has 29 heavy (non-hydrogen) atoms. The second-order valence-electron chi connectivity index (χ2n) is 7.22. The fourth-order valence-electron chi connectivity index (χ4n) is 2.98. The third-order valence-electron chi connectivity index (χ3n) is 4.65. The van der Waals surface area contributed by atoms with Crippen LogP contribution in [0.1, 0.15) is 66.8 Å². The van der Waals surface area contributed by atoms with Crippen molar-refractivity contribution in [3.8, 4) is 0 Å². The van der Waals surface area contributed by atoms with E-state index in [1.165, 1.54) is 43.4 Å². The van der Waals surface area contributed by atoms with Crippen LogP contribution in [0.4, 0.5) is 4.39 Å². The Bertz CT molecular complexity index is 661. The van der Waals surface area contributed by atoms with Crippen molar-refractivity contribution < 1.29 is 10.6 Å². The molecular formula is C27H40FO. The molecule has 0 N–H and O–H groups in total. The molecule has 1 nitrogen and oxygen atoms in total. The maximum atomic E-state index is 12.8. The Kier molecular flexibility index (Phi) is 13.6. The monoisotopic (exact) mass is 399 g/mol. The van der Waals surface area contributed by atoms with E-state index in [9.17, 15) is 4.39 Å². The third-order valence-corrected chi connectivity index (χ3v) is 4.65. The fraction of sp³-hybridized carbons (Fsp3) is 0.444. The van der Waals surface area contributed by atoms with Crippen LogP contribution in [0.5, 0.6) is 0 Å². The van der Waals surface area contributed by atoms with Crippen LogP contribution in [0, 0.1) is 18.2 Å². The molecule has 1 radical (unpaired) electrons. The molecule has 0 aliphatic heterocycles. The number of ether oxygens (including phenoxy) is 1. The number of hydrogen-bond acceptors (Lipinski definition) is 1. The highest BCUT2D eigenvalue weighted by Gasteiger charge is 2.03. The zero-order chi connectivity index (χ0) is 21.3. The van der Waals surface area contributed by atoms with Gasteiger partial charge in [-0.15, -0.1) is 0 Å². The van der Waals surface area contributed by atoms with E-state index in [0.717, 1.165) is 36.7 Å². The summed E-state index contributed by atoms with van der Waals surface area (Å²) in [6.45, 7) is 9.16. The minimum atomic E-state index is -0.197. The standard InChI is InChI=1S/C17H18FO.C8H14.C2H6.H2/c1-2-12-19-17-5-3-4-14(8-11-17)13-15-6-9-16(18)10-7-15;1-8-6-4-2-3-5-7-8;1-2;/h3-11H,2,12-13H2,1H3;2-3,8H,4-7H2,1H3;1-2H3;1H. The summed E-state index contributed by atoms with van der Waals surface area (Å²) in [7, 11) is 0. The Balaban J connectivity index is 0.000000643. The van der Waals surface area contributed by atoms with Crippen molar-refractivity contribution >= 4 is 0 Å². The second kappa shape index (κ2) is 15.8. The minimum Gasteiger partial charge on any atom is -0.497 e. The van der Waals surface area contributed by atoms with Crippen LogP contribution >= 0.6 is 0 Å². The van der Waals surface area contributed by atoms with Gasteiger partial charge in [0.15, 0.2) is 0 Å². The van der Waals surface area contributed by atoms with Gasteiger partial charge in [0.25, 0.3) is 0 Å². The van der Waals surface area contributed by atoms with E-state index in [1.54, 1.807) is 0 Å². The Morgan fingerprint density at radius 2 is 1.69 bits per heavy atom. The van der Waals surface area contributed by atoms with Gasteiger partial charge in [-0.1, -0.05) is 70.2 Å². The van der Waals surface area contributed by atoms with E-state index in [2.05, 4.69) is 32.1 Å². The van der Waals surface area contributed by atoms with Crippen molar-refractivity contribution in [1.82, 2.24) is 0 Å². The largest absolute Gasteiger partial charge is 0.497 e. The Labute approximate surface area is 179 Å². The predicted octanol–water partition coefficient (Wildman–Crippen LogP) is 8.40. The van der Waals surface area contributed by atoms with Gasteiger partial charge in [-0.3, -0.25) is 0 Å². The first-order valence-electron chi connectivity index (χ1n) is 11.1. The molecule has 0 bridgehead atoms. The predicted molar refractivity (Wildman–Crippen MR) is 126 cm³/mol. The van der Waals surface area contributed by atoms with Crippen LogP contribution < -0.4 is 0 Å². The van der Waals surface area contributed by atoms with Crippen LogP contribution in [0.15, 0.2) is 72.1 Å². The molecule has 0 saturated heterocycles. The summed E-state index contributed by atoms with van der Waals surface area (Å²) in [5.74, 6) is 1.65. The van der Waals surface area contributed by atoms with Gasteiger partial charge in [0.2, 0.25) is 0 Å². The molecule has 0 amide bonds. The molecule has 1 aromatic rings. The summed E-state index contributed by atoms with van der Waals surface area (Å²) in [6.07, 6.45) is 21.9. The molecule has 161 valence electrons. The lowest BCUT2D eigenvalue weighted by Gasteiger charge is -2.06. The molecule has 0 spiro atoms. The molecule has 3 rings (SSSR count). The van der Waals surface area contributed by atoms with Crippen molar-refractivity contribution in [3.05, 3.63) is 89.9 Å². The maximum Gasteiger partial charge on any atom is 0.123 e. The second-order valence-corrected chi connectivity index (χ2v) is 7.22. The van der Waals surface area contributed by atoms with Gasteiger partial charge in [0.05, 0.1) is 6.61 Å². The van der Waals surface area contributed by atoms with Crippen LogP contribution in [0.3, 0.4) is 0 Å². The summed E-state index contributed by atoms with van der Waals surface area (Å²) in [5, 5.41) is 0. The lowest BCUT2D eigenvalue weighted by molar-refractivity contribution is 0.221. The Hall–Kier alpha value is -2.09. The van der Waals surface area contributed by atoms with Crippen LogP contribution in [0.25, 0.3) is 0 Å². The smallest absolute Gasteiger partial charge is 0.123 e. The van der Waals surface area contributed by atoms with Gasteiger partial charge in [0.1, 0.15) is 11.6 Å². The fourth-order valence-corrected chi connectivity index (χ4v) is 2.98. The molecule has 2 heteroatoms. The first-order valence-corrected chi connectivity index (χ1v) is 11.1. The van der Waals surface area contributed by atoms with Gasteiger partial charge in [-0.05, 0) is 73.8 Å². The number of allylic oxidation sites excluding steroid dienone is 7. The molecule has 0 fully saturated rings. The normalized spacial score (nSPS) is 16.2. The topological polar surface area (TPSA) is 9.23 Å². The lowest BCUT2D eigenvalue weighted by Crippen LogP contribution is -1.93. The molecule has 0 unspecified atom stereocenters. The van der Waals surface area contributed by atoms with Gasteiger partial charge in [0, 0.05) is 7.85 Å². The molecule has 0 saturated carbocycles. The number of hydrogen-bond donors (Lipinski definition) is 0. The zero-order valence-corrected chi connectivity index (χ0v) is 18.7. The number of benzene rings is 1. The third kappa shape index (κ3) is 11.5. The van der Waals surface area contributed by atoms with Crippen molar-refractivity contribution in [2.24, 2.45) is 5.92 Å². The number of rotatable bonds is 5. The maximum absolute atomic E-state index is 12.8. The van der Waals surface area contributed by atoms with E-state index in [4.69, 9.17) is 4.74 Å². The first-order chi connectivity index (χ1) is 14.2. The van der Waals surface area contributed by atoms with E-state index in [1.807, 2.05) is 50.6 Å². The first kappa shape index (κ1) is 24.9. The van der Waals surface area contributed by atoms with Crippen LogP contribution in [-0.4, -0.2) is 6.61 Å². The number of halogens is 1. The van der Waals surface area contributed by atoms with Crippen molar-refractivity contribution in [2.45, 2.75) is 66.2 Å². The van der Waals surface area contributed by atoms with Gasteiger partial charge < -0.3 is 4.74 Å². The molecule has 2 aliphatic carbocycles. The Morgan fingerprint density at radius 3 is 2.31 bits per heavy atom. The van der Waals surface area contributed by atoms with Crippen molar-refractivity contribution in [2.75, 3.05) is 6.61 Å². The van der Waals surface area contributed by atoms with Gasteiger partial charge in [-0.25, -0.2) is 4.39 Å². The zero-order valence-electron chi connectivity index (χ0n) is 18.7.